The molecule has 1 aliphatic heterocycles. The first-order chi connectivity index (χ1) is 11.6. The van der Waals surface area contributed by atoms with Gasteiger partial charge < -0.3 is 19.5 Å². The first-order valence-corrected chi connectivity index (χ1v) is 8.34. The highest BCUT2D eigenvalue weighted by atomic mass is 16.5. The topological polar surface area (TPSA) is 76.1 Å². The highest BCUT2D eigenvalue weighted by Crippen LogP contribution is 2.48. The summed E-state index contributed by atoms with van der Waals surface area (Å²) in [7, 11) is 1.57. The number of para-hydroxylation sites is 2. The highest BCUT2D eigenvalue weighted by Gasteiger charge is 2.55. The number of benzene rings is 1. The number of carbonyl (C=O) groups is 2. The van der Waals surface area contributed by atoms with Crippen LogP contribution in [-0.4, -0.2) is 48.7 Å². The van der Waals surface area contributed by atoms with Crippen LogP contribution in [-0.2, 0) is 9.59 Å². The third-order valence-electron chi connectivity index (χ3n) is 5.29. The smallest absolute Gasteiger partial charge is 0.311 e. The number of fused-ring (bicyclic) bond motifs is 1. The maximum Gasteiger partial charge on any atom is 0.311 e. The van der Waals surface area contributed by atoms with Crippen LogP contribution in [0.1, 0.15) is 25.7 Å². The van der Waals surface area contributed by atoms with Gasteiger partial charge in [-0.1, -0.05) is 18.6 Å². The molecule has 24 heavy (non-hydrogen) atoms. The van der Waals surface area contributed by atoms with Crippen molar-refractivity contribution in [3.05, 3.63) is 24.3 Å². The Hall–Kier alpha value is -2.24. The molecule has 3 rings (SSSR count). The van der Waals surface area contributed by atoms with Crippen LogP contribution in [0, 0.1) is 11.3 Å². The molecule has 1 amide bonds. The van der Waals surface area contributed by atoms with E-state index in [1.807, 2.05) is 12.1 Å². The molecule has 130 valence electrons. The molecule has 2 aliphatic rings. The summed E-state index contributed by atoms with van der Waals surface area (Å²) in [4.78, 5) is 25.8. The number of likely N-dealkylation sites (tertiary alicyclic amines) is 1. The average molecular weight is 333 g/mol. The zero-order valence-electron chi connectivity index (χ0n) is 13.9. The van der Waals surface area contributed by atoms with E-state index < -0.39 is 11.4 Å². The molecule has 0 bridgehead atoms. The molecular weight excluding hydrogens is 310 g/mol. The summed E-state index contributed by atoms with van der Waals surface area (Å²) in [5.74, 6) is 0.526. The molecule has 1 saturated heterocycles. The van der Waals surface area contributed by atoms with Crippen molar-refractivity contribution in [3.63, 3.8) is 0 Å². The molecule has 6 nitrogen and oxygen atoms in total. The fourth-order valence-electron chi connectivity index (χ4n) is 3.97. The molecule has 1 heterocycles. The van der Waals surface area contributed by atoms with Gasteiger partial charge in [-0.3, -0.25) is 9.59 Å². The van der Waals surface area contributed by atoms with E-state index in [0.717, 1.165) is 12.8 Å². The van der Waals surface area contributed by atoms with Gasteiger partial charge in [-0.25, -0.2) is 0 Å². The van der Waals surface area contributed by atoms with E-state index >= 15 is 0 Å². The van der Waals surface area contributed by atoms with Crippen LogP contribution >= 0.6 is 0 Å². The molecule has 1 aromatic rings. The van der Waals surface area contributed by atoms with Crippen LogP contribution < -0.4 is 9.47 Å². The Labute approximate surface area is 141 Å². The first kappa shape index (κ1) is 16.6. The second kappa shape index (κ2) is 6.71. The number of amides is 1. The molecule has 1 N–H and O–H groups in total. The number of carbonyl (C=O) groups excluding carboxylic acids is 1. The molecule has 2 fully saturated rings. The number of ether oxygens (including phenoxy) is 2. The highest BCUT2D eigenvalue weighted by molar-refractivity contribution is 5.81. The predicted octanol–water partition coefficient (Wildman–Crippen LogP) is 2.18. The Bertz CT molecular complexity index is 632. The minimum Gasteiger partial charge on any atom is -0.493 e. The standard InChI is InChI=1S/C18H23NO5/c1-23-14-6-2-3-7-15(14)24-10-8-16(20)19-11-13-5-4-9-18(13,12-19)17(21)22/h2-3,6-7,13H,4-5,8-12H2,1H3,(H,21,22)/t13-,18+/m0/s1. The monoisotopic (exact) mass is 333 g/mol. The van der Waals surface area contributed by atoms with Crippen molar-refractivity contribution in [1.82, 2.24) is 4.90 Å². The normalized spacial score (nSPS) is 25.4. The maximum atomic E-state index is 12.4. The second-order valence-corrected chi connectivity index (χ2v) is 6.57. The third-order valence-corrected chi connectivity index (χ3v) is 5.29. The van der Waals surface area contributed by atoms with E-state index in [9.17, 15) is 14.7 Å². The molecule has 1 saturated carbocycles. The summed E-state index contributed by atoms with van der Waals surface area (Å²) < 4.78 is 10.8. The van der Waals surface area contributed by atoms with Crippen LogP contribution in [0.5, 0.6) is 11.5 Å². The fraction of sp³-hybridized carbons (Fsp3) is 0.556. The number of carboxylic acid groups (broad SMARTS) is 1. The van der Waals surface area contributed by atoms with Gasteiger partial charge in [0.2, 0.25) is 5.91 Å². The molecular formula is C18H23NO5. The number of methoxy groups -OCH3 is 1. The average Bonchev–Trinajstić information content (AvgIpc) is 3.13. The molecule has 0 spiro atoms. The van der Waals surface area contributed by atoms with Crippen molar-refractivity contribution in [3.8, 4) is 11.5 Å². The zero-order chi connectivity index (χ0) is 17.2. The van der Waals surface area contributed by atoms with Gasteiger partial charge in [0.05, 0.1) is 25.6 Å². The Balaban J connectivity index is 1.54. The first-order valence-electron chi connectivity index (χ1n) is 8.34. The molecule has 2 atom stereocenters. The van der Waals surface area contributed by atoms with Crippen molar-refractivity contribution >= 4 is 11.9 Å². The quantitative estimate of drug-likeness (QED) is 0.863. The molecule has 6 heteroatoms. The Morgan fingerprint density at radius 2 is 2.08 bits per heavy atom. The predicted molar refractivity (Wildman–Crippen MR) is 87.1 cm³/mol. The number of hydrogen-bond acceptors (Lipinski definition) is 4. The van der Waals surface area contributed by atoms with Crippen molar-refractivity contribution in [2.75, 3.05) is 26.8 Å². The van der Waals surface area contributed by atoms with E-state index in [4.69, 9.17) is 9.47 Å². The lowest BCUT2D eigenvalue weighted by molar-refractivity contribution is -0.149. The van der Waals surface area contributed by atoms with Gasteiger partial charge in [-0.2, -0.15) is 0 Å². The van der Waals surface area contributed by atoms with E-state index in [-0.39, 0.29) is 24.9 Å². The summed E-state index contributed by atoms with van der Waals surface area (Å²) in [5.41, 5.74) is -0.723. The Morgan fingerprint density at radius 3 is 2.75 bits per heavy atom. The summed E-state index contributed by atoms with van der Waals surface area (Å²) in [5, 5.41) is 9.58. The van der Waals surface area contributed by atoms with Gasteiger partial charge in [0.15, 0.2) is 11.5 Å². The van der Waals surface area contributed by atoms with Gasteiger partial charge in [0.1, 0.15) is 0 Å². The zero-order valence-corrected chi connectivity index (χ0v) is 13.9. The minimum absolute atomic E-state index is 0.0417. The van der Waals surface area contributed by atoms with Gasteiger partial charge in [0, 0.05) is 13.1 Å². The van der Waals surface area contributed by atoms with E-state index in [0.29, 0.717) is 31.0 Å². The summed E-state index contributed by atoms with van der Waals surface area (Å²) in [6.07, 6.45) is 2.75. The lowest BCUT2D eigenvalue weighted by Gasteiger charge is -2.23. The van der Waals surface area contributed by atoms with Crippen molar-refractivity contribution in [2.45, 2.75) is 25.7 Å². The molecule has 0 radical (unpaired) electrons. The number of rotatable bonds is 6. The van der Waals surface area contributed by atoms with E-state index in [1.54, 1.807) is 24.1 Å². The molecule has 1 aliphatic carbocycles. The number of hydrogen-bond donors (Lipinski definition) is 1. The van der Waals surface area contributed by atoms with Crippen LogP contribution in [0.3, 0.4) is 0 Å². The summed E-state index contributed by atoms with van der Waals surface area (Å²) in [6.45, 7) is 1.14. The lowest BCUT2D eigenvalue weighted by atomic mass is 9.81. The van der Waals surface area contributed by atoms with Gasteiger partial charge in [0.25, 0.3) is 0 Å². The van der Waals surface area contributed by atoms with Gasteiger partial charge in [-0.05, 0) is 30.9 Å². The lowest BCUT2D eigenvalue weighted by Crippen LogP contribution is -2.37. The minimum atomic E-state index is -0.759. The van der Waals surface area contributed by atoms with Crippen molar-refractivity contribution in [2.24, 2.45) is 11.3 Å². The SMILES string of the molecule is COc1ccccc1OCCC(=O)N1C[C@@H]2CCC[C@@]2(C(=O)O)C1. The van der Waals surface area contributed by atoms with Crippen LogP contribution in [0.25, 0.3) is 0 Å². The molecule has 1 aromatic carbocycles. The van der Waals surface area contributed by atoms with Crippen molar-refractivity contribution in [1.29, 1.82) is 0 Å². The van der Waals surface area contributed by atoms with E-state index in [1.165, 1.54) is 0 Å². The van der Waals surface area contributed by atoms with Crippen LogP contribution in [0.15, 0.2) is 24.3 Å². The summed E-state index contributed by atoms with van der Waals surface area (Å²) in [6, 6.07) is 7.29. The summed E-state index contributed by atoms with van der Waals surface area (Å²) >= 11 is 0. The number of aliphatic carboxylic acids is 1. The Kier molecular flexibility index (Phi) is 4.64. The number of nitrogens with zero attached hydrogens (tertiary/aromatic N) is 1. The fourth-order valence-corrected chi connectivity index (χ4v) is 3.97. The van der Waals surface area contributed by atoms with Gasteiger partial charge >= 0.3 is 5.97 Å². The third kappa shape index (κ3) is 2.92. The van der Waals surface area contributed by atoms with Crippen molar-refractivity contribution < 1.29 is 24.2 Å². The molecule has 0 aromatic heterocycles. The van der Waals surface area contributed by atoms with Gasteiger partial charge in [-0.15, -0.1) is 0 Å². The number of carboxylic acids is 1. The molecule has 0 unspecified atom stereocenters. The maximum absolute atomic E-state index is 12.4. The van der Waals surface area contributed by atoms with Crippen LogP contribution in [0.2, 0.25) is 0 Å². The van der Waals surface area contributed by atoms with E-state index in [2.05, 4.69) is 0 Å². The van der Waals surface area contributed by atoms with Crippen LogP contribution in [0.4, 0.5) is 0 Å². The Morgan fingerprint density at radius 1 is 1.33 bits per heavy atom. The second-order valence-electron chi connectivity index (χ2n) is 6.57. The largest absolute Gasteiger partial charge is 0.493 e.